The van der Waals surface area contributed by atoms with E-state index in [4.69, 9.17) is 4.74 Å². The second-order valence-corrected chi connectivity index (χ2v) is 5.26. The van der Waals surface area contributed by atoms with Crippen molar-refractivity contribution >= 4 is 10.8 Å². The first kappa shape index (κ1) is 12.6. The summed E-state index contributed by atoms with van der Waals surface area (Å²) in [7, 11) is 0. The van der Waals surface area contributed by atoms with Crippen molar-refractivity contribution in [3.63, 3.8) is 0 Å². The van der Waals surface area contributed by atoms with Gasteiger partial charge in [-0.1, -0.05) is 24.3 Å². The maximum atomic E-state index is 10.5. The Hall–Kier alpha value is -1.45. The van der Waals surface area contributed by atoms with Crippen LogP contribution in [0.5, 0.6) is 0 Å². The Balaban J connectivity index is 1.82. The number of hydrogen-bond acceptors (Lipinski definition) is 3. The fourth-order valence-electron chi connectivity index (χ4n) is 2.83. The van der Waals surface area contributed by atoms with E-state index in [2.05, 4.69) is 11.1 Å². The van der Waals surface area contributed by atoms with Crippen LogP contribution in [0.2, 0.25) is 0 Å². The van der Waals surface area contributed by atoms with Crippen LogP contribution in [0, 0.1) is 5.92 Å². The lowest BCUT2D eigenvalue weighted by Crippen LogP contribution is -2.18. The molecule has 1 fully saturated rings. The molecule has 0 bridgehead atoms. The molecule has 19 heavy (non-hydrogen) atoms. The number of nitrogens with zero attached hydrogens (tertiary/aromatic N) is 1. The smallest absolute Gasteiger partial charge is 0.0813 e. The molecule has 1 unspecified atom stereocenters. The summed E-state index contributed by atoms with van der Waals surface area (Å²) < 4.78 is 5.36. The Labute approximate surface area is 113 Å². The van der Waals surface area contributed by atoms with Gasteiger partial charge in [0.05, 0.1) is 6.10 Å². The number of hydrogen-bond donors (Lipinski definition) is 1. The monoisotopic (exact) mass is 257 g/mol. The minimum Gasteiger partial charge on any atom is -0.388 e. The van der Waals surface area contributed by atoms with Gasteiger partial charge in [0.1, 0.15) is 0 Å². The van der Waals surface area contributed by atoms with Gasteiger partial charge in [-0.25, -0.2) is 0 Å². The maximum absolute atomic E-state index is 10.5. The van der Waals surface area contributed by atoms with Crippen molar-refractivity contribution in [3.8, 4) is 0 Å². The molecule has 3 heteroatoms. The molecule has 0 amide bonds. The number of aliphatic hydroxyl groups excluding tert-OH is 1. The van der Waals surface area contributed by atoms with Gasteiger partial charge >= 0.3 is 0 Å². The van der Waals surface area contributed by atoms with E-state index in [0.29, 0.717) is 5.92 Å². The molecule has 2 aromatic rings. The molecule has 0 aliphatic carbocycles. The minimum absolute atomic E-state index is 0.429. The fraction of sp³-hybridized carbons (Fsp3) is 0.438. The highest BCUT2D eigenvalue weighted by molar-refractivity contribution is 5.84. The summed E-state index contributed by atoms with van der Waals surface area (Å²) in [4.78, 5) is 4.24. The van der Waals surface area contributed by atoms with Crippen LogP contribution < -0.4 is 0 Å². The molecule has 1 aromatic heterocycles. The zero-order chi connectivity index (χ0) is 13.1. The van der Waals surface area contributed by atoms with E-state index in [1.165, 1.54) is 0 Å². The molecular weight excluding hydrogens is 238 g/mol. The molecule has 1 aliphatic heterocycles. The van der Waals surface area contributed by atoms with Crippen LogP contribution >= 0.6 is 0 Å². The average Bonchev–Trinajstić information content (AvgIpc) is 2.47. The first-order valence-electron chi connectivity index (χ1n) is 6.93. The number of fused-ring (bicyclic) bond motifs is 1. The van der Waals surface area contributed by atoms with E-state index in [0.717, 1.165) is 48.8 Å². The molecule has 0 saturated carbocycles. The summed E-state index contributed by atoms with van der Waals surface area (Å²) in [5, 5.41) is 12.7. The first-order chi connectivity index (χ1) is 9.34. The Kier molecular flexibility index (Phi) is 3.76. The van der Waals surface area contributed by atoms with Crippen LogP contribution in [0.15, 0.2) is 36.7 Å². The molecule has 1 aromatic carbocycles. The SMILES string of the molecule is OC(CC1CCOCC1)c1cncc2ccccc12. The normalized spacial score (nSPS) is 18.6. The summed E-state index contributed by atoms with van der Waals surface area (Å²) in [5.41, 5.74) is 0.949. The quantitative estimate of drug-likeness (QED) is 0.918. The topological polar surface area (TPSA) is 42.4 Å². The van der Waals surface area contributed by atoms with Gasteiger partial charge in [0.2, 0.25) is 0 Å². The summed E-state index contributed by atoms with van der Waals surface area (Å²) in [5.74, 6) is 0.558. The van der Waals surface area contributed by atoms with Gasteiger partial charge in [-0.15, -0.1) is 0 Å². The second kappa shape index (κ2) is 5.68. The lowest BCUT2D eigenvalue weighted by atomic mass is 9.90. The van der Waals surface area contributed by atoms with Crippen LogP contribution in [0.4, 0.5) is 0 Å². The van der Waals surface area contributed by atoms with Gasteiger partial charge < -0.3 is 9.84 Å². The Morgan fingerprint density at radius 1 is 1.21 bits per heavy atom. The van der Waals surface area contributed by atoms with Crippen molar-refractivity contribution in [1.29, 1.82) is 0 Å². The molecule has 0 radical (unpaired) electrons. The molecule has 1 atom stereocenters. The Bertz CT molecular complexity index is 544. The lowest BCUT2D eigenvalue weighted by Gasteiger charge is -2.24. The van der Waals surface area contributed by atoms with Gasteiger partial charge in [0.25, 0.3) is 0 Å². The zero-order valence-electron chi connectivity index (χ0n) is 11.0. The highest BCUT2D eigenvalue weighted by Gasteiger charge is 2.20. The van der Waals surface area contributed by atoms with Gasteiger partial charge in [-0.3, -0.25) is 4.98 Å². The molecular formula is C16H19NO2. The summed E-state index contributed by atoms with van der Waals surface area (Å²) in [6.45, 7) is 1.65. The molecule has 0 spiro atoms. The molecule has 2 heterocycles. The van der Waals surface area contributed by atoms with E-state index in [1.54, 1.807) is 6.20 Å². The number of aromatic nitrogens is 1. The average molecular weight is 257 g/mol. The number of benzene rings is 1. The summed E-state index contributed by atoms with van der Waals surface area (Å²) in [6, 6.07) is 8.10. The van der Waals surface area contributed by atoms with Crippen molar-refractivity contribution in [1.82, 2.24) is 4.98 Å². The lowest BCUT2D eigenvalue weighted by molar-refractivity contribution is 0.0437. The standard InChI is InChI=1S/C16H19NO2/c18-16(9-12-5-7-19-8-6-12)15-11-17-10-13-3-1-2-4-14(13)15/h1-4,10-12,16,18H,5-9H2. The third-order valence-electron chi connectivity index (χ3n) is 3.96. The highest BCUT2D eigenvalue weighted by Crippen LogP contribution is 2.30. The van der Waals surface area contributed by atoms with E-state index in [1.807, 2.05) is 24.4 Å². The third-order valence-corrected chi connectivity index (χ3v) is 3.96. The number of aliphatic hydroxyl groups is 1. The molecule has 1 aliphatic rings. The summed E-state index contributed by atoms with van der Waals surface area (Å²) in [6.07, 6.45) is 6.12. The van der Waals surface area contributed by atoms with Gasteiger partial charge in [0.15, 0.2) is 0 Å². The molecule has 3 nitrogen and oxygen atoms in total. The fourth-order valence-corrected chi connectivity index (χ4v) is 2.83. The van der Waals surface area contributed by atoms with Crippen molar-refractivity contribution < 1.29 is 9.84 Å². The van der Waals surface area contributed by atoms with Crippen molar-refractivity contribution in [2.24, 2.45) is 5.92 Å². The van der Waals surface area contributed by atoms with Crippen LogP contribution in [-0.2, 0) is 4.74 Å². The van der Waals surface area contributed by atoms with Crippen LogP contribution in [0.1, 0.15) is 30.9 Å². The molecule has 3 rings (SSSR count). The largest absolute Gasteiger partial charge is 0.388 e. The Morgan fingerprint density at radius 3 is 2.84 bits per heavy atom. The van der Waals surface area contributed by atoms with Crippen molar-refractivity contribution in [3.05, 3.63) is 42.2 Å². The van der Waals surface area contributed by atoms with E-state index < -0.39 is 6.10 Å². The third kappa shape index (κ3) is 2.77. The number of pyridine rings is 1. The number of rotatable bonds is 3. The number of ether oxygens (including phenoxy) is 1. The molecule has 1 saturated heterocycles. The minimum atomic E-state index is -0.429. The zero-order valence-corrected chi connectivity index (χ0v) is 11.0. The van der Waals surface area contributed by atoms with E-state index in [-0.39, 0.29) is 0 Å². The second-order valence-electron chi connectivity index (χ2n) is 5.26. The van der Waals surface area contributed by atoms with Crippen LogP contribution in [0.25, 0.3) is 10.8 Å². The predicted molar refractivity (Wildman–Crippen MR) is 74.9 cm³/mol. The highest BCUT2D eigenvalue weighted by atomic mass is 16.5. The van der Waals surface area contributed by atoms with Crippen LogP contribution in [-0.4, -0.2) is 23.3 Å². The predicted octanol–water partition coefficient (Wildman–Crippen LogP) is 3.08. The molecule has 100 valence electrons. The van der Waals surface area contributed by atoms with Gasteiger partial charge in [-0.2, -0.15) is 0 Å². The van der Waals surface area contributed by atoms with Crippen LogP contribution in [0.3, 0.4) is 0 Å². The Morgan fingerprint density at radius 2 is 2.00 bits per heavy atom. The first-order valence-corrected chi connectivity index (χ1v) is 6.93. The van der Waals surface area contributed by atoms with E-state index >= 15 is 0 Å². The van der Waals surface area contributed by atoms with Gasteiger partial charge in [-0.05, 0) is 30.6 Å². The molecule has 1 N–H and O–H groups in total. The maximum Gasteiger partial charge on any atom is 0.0813 e. The van der Waals surface area contributed by atoms with Gasteiger partial charge in [0, 0.05) is 36.6 Å². The van der Waals surface area contributed by atoms with Crippen molar-refractivity contribution in [2.75, 3.05) is 13.2 Å². The summed E-state index contributed by atoms with van der Waals surface area (Å²) >= 11 is 0. The van der Waals surface area contributed by atoms with Crippen molar-refractivity contribution in [2.45, 2.75) is 25.4 Å². The van der Waals surface area contributed by atoms with E-state index in [9.17, 15) is 5.11 Å².